The van der Waals surface area contributed by atoms with Gasteiger partial charge in [-0.3, -0.25) is 9.13 Å². The first kappa shape index (κ1) is 51.1. The highest BCUT2D eigenvalue weighted by Gasteiger charge is 2.16. The number of hydrogen-bond acceptors (Lipinski definition) is 14. The maximum absolute atomic E-state index is 12.4. The third-order valence-corrected chi connectivity index (χ3v) is 7.76. The molecule has 0 radical (unpaired) electrons. The first-order chi connectivity index (χ1) is 27.8. The minimum atomic E-state index is -0.350. The van der Waals surface area contributed by atoms with Gasteiger partial charge in [0.05, 0.1) is 25.5 Å². The summed E-state index contributed by atoms with van der Waals surface area (Å²) < 4.78 is 8.46. The number of ether oxygens (including phenoxy) is 1. The van der Waals surface area contributed by atoms with Crippen LogP contribution in [0.2, 0.25) is 0 Å². The standard InChI is InChI=1S/C17H22N6O3.C16H20N6O3.CH2Cl2.CH4.BBr3.2H2/c1-26-12-6-4-5-11(9-12)10-23-15-13(20-17(23)25)14(18)21-16(22-15)19-7-2-3-8-24;17-13-12-14(21-15(20-13)18-6-1-2-7-23)22(16(25)19-12)9-10-4-3-5-11(24)8-10;2-1-3;;2-1(3)4;;/h4-6,9,24H,2-3,7-8,10H2,1H3,(H,20,25)(H3,18,19,21,22);3-5,8,23-24H,1-2,6-7,9H2,(H,19,25)(H3,17,18,20,21);1H2;1H4;;2*1H. The second-order valence-electron chi connectivity index (χ2n) is 11.9. The number of benzene rings is 2. The van der Waals surface area contributed by atoms with Crippen LogP contribution < -0.4 is 38.2 Å². The summed E-state index contributed by atoms with van der Waals surface area (Å²) in [6.07, 6.45) is 2.91. The molecule has 18 nitrogen and oxygen atoms in total. The van der Waals surface area contributed by atoms with Crippen LogP contribution in [-0.2, 0) is 13.1 Å². The van der Waals surface area contributed by atoms with Crippen LogP contribution in [-0.4, -0.2) is 96.3 Å². The summed E-state index contributed by atoms with van der Waals surface area (Å²) in [5.74, 6) is 1.92. The molecule has 326 valence electrons. The summed E-state index contributed by atoms with van der Waals surface area (Å²) in [5, 5.41) is 33.5. The topological polar surface area (TPSA) is 273 Å². The van der Waals surface area contributed by atoms with Crippen LogP contribution in [0.25, 0.3) is 22.3 Å². The van der Waals surface area contributed by atoms with Gasteiger partial charge in [0.1, 0.15) is 22.5 Å². The number of nitrogens with zero attached hydrogens (tertiary/aromatic N) is 6. The molecule has 6 rings (SSSR count). The molecule has 59 heavy (non-hydrogen) atoms. The number of nitrogens with two attached hydrogens (primary N) is 2. The summed E-state index contributed by atoms with van der Waals surface area (Å²) in [6.45, 7) is 2.04. The number of anilines is 4. The van der Waals surface area contributed by atoms with Crippen molar-refractivity contribution in [1.82, 2.24) is 39.0 Å². The minimum absolute atomic E-state index is 0. The summed E-state index contributed by atoms with van der Waals surface area (Å²) in [6, 6.07) is 14.2. The Morgan fingerprint density at radius 3 is 1.61 bits per heavy atom. The molecular weight excluding hydrogens is 1010 g/mol. The van der Waals surface area contributed by atoms with Crippen molar-refractivity contribution in [2.45, 2.75) is 46.2 Å². The Morgan fingerprint density at radius 2 is 1.20 bits per heavy atom. The van der Waals surface area contributed by atoms with E-state index in [4.69, 9.17) is 49.6 Å². The van der Waals surface area contributed by atoms with Gasteiger partial charge < -0.3 is 52.1 Å². The van der Waals surface area contributed by atoms with Crippen molar-refractivity contribution < 1.29 is 22.9 Å². The number of aromatic nitrogens is 8. The first-order valence-corrected chi connectivity index (χ1v) is 21.3. The van der Waals surface area contributed by atoms with E-state index < -0.39 is 0 Å². The van der Waals surface area contributed by atoms with E-state index in [9.17, 15) is 14.7 Å². The van der Waals surface area contributed by atoms with Crippen molar-refractivity contribution in [2.75, 3.05) is 60.9 Å². The predicted molar refractivity (Wildman–Crippen MR) is 254 cm³/mol. The van der Waals surface area contributed by atoms with Crippen molar-refractivity contribution in [3.8, 4) is 11.5 Å². The SMILES string of the molecule is BrB(Br)Br.C.COc1cccc(Cn2c(=O)[nH]c3c(N)nc(NCCCCO)nc32)c1.ClCCl.Nc1nc(NCCCCO)nc2c1[nH]c(=O)n2Cc1cccc(O)c1.[HH].[HH]. The molecule has 4 aromatic heterocycles. The Kier molecular flexibility index (Phi) is 23.3. The maximum Gasteiger partial charge on any atom is 0.369 e. The number of aromatic amines is 2. The third kappa shape index (κ3) is 16.5. The molecule has 0 saturated carbocycles. The van der Waals surface area contributed by atoms with Crippen LogP contribution in [0.1, 0.15) is 47.1 Å². The van der Waals surface area contributed by atoms with Crippen molar-refractivity contribution >= 4 is 120 Å². The van der Waals surface area contributed by atoms with Crippen molar-refractivity contribution in [1.29, 1.82) is 0 Å². The number of fused-ring (bicyclic) bond motifs is 2. The fourth-order valence-electron chi connectivity index (χ4n) is 5.22. The molecule has 0 atom stereocenters. The van der Waals surface area contributed by atoms with E-state index in [1.54, 1.807) is 25.3 Å². The molecule has 6 aromatic rings. The number of nitrogens with one attached hydrogen (secondary N) is 4. The molecular formula is C35H52BBr3Cl2N12O6. The Morgan fingerprint density at radius 1 is 0.780 bits per heavy atom. The van der Waals surface area contributed by atoms with Gasteiger partial charge in [0.2, 0.25) is 11.9 Å². The number of nitrogen functional groups attached to an aromatic ring is 2. The lowest BCUT2D eigenvalue weighted by atomic mass is 10.2. The van der Waals surface area contributed by atoms with Gasteiger partial charge in [-0.2, -0.15) is 19.9 Å². The van der Waals surface area contributed by atoms with Gasteiger partial charge in [-0.05, 0) is 61.1 Å². The molecule has 0 aliphatic rings. The van der Waals surface area contributed by atoms with Gasteiger partial charge >= 0.3 is 14.6 Å². The van der Waals surface area contributed by atoms with E-state index in [1.165, 1.54) is 9.13 Å². The number of H-pyrrole nitrogens is 2. The van der Waals surface area contributed by atoms with Crippen LogP contribution >= 0.6 is 70.5 Å². The molecule has 11 N–H and O–H groups in total. The second kappa shape index (κ2) is 26.9. The number of hydrogen-bond donors (Lipinski definition) is 9. The summed E-state index contributed by atoms with van der Waals surface area (Å²) >= 11 is 18.8. The first-order valence-electron chi connectivity index (χ1n) is 17.5. The molecule has 0 amide bonds. The lowest BCUT2D eigenvalue weighted by molar-refractivity contribution is 0.286. The van der Waals surface area contributed by atoms with Crippen LogP contribution in [0.3, 0.4) is 0 Å². The lowest BCUT2D eigenvalue weighted by Gasteiger charge is -2.08. The van der Waals surface area contributed by atoms with Gasteiger partial charge in [-0.15, -0.1) is 70.5 Å². The van der Waals surface area contributed by atoms with Gasteiger partial charge in [0.25, 0.3) is 0 Å². The van der Waals surface area contributed by atoms with Gasteiger partial charge in [0, 0.05) is 29.2 Å². The van der Waals surface area contributed by atoms with Crippen molar-refractivity contribution in [3.05, 3.63) is 80.6 Å². The number of aliphatic hydroxyl groups excluding tert-OH is 2. The molecule has 0 spiro atoms. The molecule has 0 fully saturated rings. The second-order valence-corrected chi connectivity index (χ2v) is 19.1. The van der Waals surface area contributed by atoms with E-state index in [0.29, 0.717) is 66.7 Å². The van der Waals surface area contributed by atoms with Crippen molar-refractivity contribution in [3.63, 3.8) is 0 Å². The average Bonchev–Trinajstić information content (AvgIpc) is 3.67. The monoisotopic (exact) mass is 1050 g/mol. The summed E-state index contributed by atoms with van der Waals surface area (Å²) in [5.41, 5.74) is 14.5. The fraction of sp³-hybridized carbons (Fsp3) is 0.371. The van der Waals surface area contributed by atoms with Gasteiger partial charge in [-0.1, -0.05) is 31.7 Å². The van der Waals surface area contributed by atoms with Crippen LogP contribution in [0.15, 0.2) is 58.1 Å². The van der Waals surface area contributed by atoms with E-state index in [2.05, 4.69) is 87.8 Å². The Labute approximate surface area is 378 Å². The minimum Gasteiger partial charge on any atom is -0.508 e. The van der Waals surface area contributed by atoms with Crippen molar-refractivity contribution in [2.24, 2.45) is 0 Å². The van der Waals surface area contributed by atoms with E-state index in [-0.39, 0.29) is 67.3 Å². The third-order valence-electron chi connectivity index (χ3n) is 7.76. The molecule has 0 aliphatic heterocycles. The smallest absolute Gasteiger partial charge is 0.369 e. The zero-order chi connectivity index (χ0) is 42.6. The quantitative estimate of drug-likeness (QED) is 0.0311. The van der Waals surface area contributed by atoms with E-state index >= 15 is 0 Å². The number of phenolic OH excluding ortho intramolecular Hbond substituents is 1. The number of imidazole rings is 2. The molecule has 0 aliphatic carbocycles. The lowest BCUT2D eigenvalue weighted by Crippen LogP contribution is -2.18. The fourth-order valence-corrected chi connectivity index (χ4v) is 5.22. The largest absolute Gasteiger partial charge is 0.508 e. The number of halogens is 5. The summed E-state index contributed by atoms with van der Waals surface area (Å²) in [4.78, 5) is 47.1. The normalized spacial score (nSPS) is 10.3. The number of aliphatic hydroxyl groups is 2. The average molecular weight is 1060 g/mol. The van der Waals surface area contributed by atoms with Crippen LogP contribution in [0.5, 0.6) is 11.5 Å². The maximum atomic E-state index is 12.4. The number of unbranched alkanes of at least 4 members (excludes halogenated alkanes) is 2. The predicted octanol–water partition coefficient (Wildman–Crippen LogP) is 6.29. The summed E-state index contributed by atoms with van der Waals surface area (Å²) in [7, 11) is 1.60. The molecule has 4 heterocycles. The zero-order valence-corrected chi connectivity index (χ0v) is 37.5. The van der Waals surface area contributed by atoms with Crippen LogP contribution in [0.4, 0.5) is 23.5 Å². The number of rotatable bonds is 15. The molecule has 0 bridgehead atoms. The number of phenols is 1. The highest BCUT2D eigenvalue weighted by Crippen LogP contribution is 2.20. The Hall–Kier alpha value is -4.06. The van der Waals surface area contributed by atoms with Gasteiger partial charge in [0.15, 0.2) is 22.9 Å². The van der Waals surface area contributed by atoms with Gasteiger partial charge in [-0.25, -0.2) is 9.59 Å². The van der Waals surface area contributed by atoms with E-state index in [1.807, 2.05) is 30.3 Å². The van der Waals surface area contributed by atoms with E-state index in [0.717, 1.165) is 29.7 Å². The Balaban J connectivity index is 0.000000982. The number of alkyl halides is 2. The molecule has 0 unspecified atom stereocenters. The Bertz CT molecular complexity index is 2310. The molecule has 2 aromatic carbocycles. The van der Waals surface area contributed by atoms with Crippen LogP contribution in [0, 0.1) is 0 Å². The number of methoxy groups -OCH3 is 1. The highest BCUT2D eigenvalue weighted by molar-refractivity contribution is 9.69. The molecule has 24 heteroatoms. The molecule has 0 saturated heterocycles. The zero-order valence-electron chi connectivity index (χ0n) is 31.3. The number of aromatic hydroxyl groups is 1. The highest BCUT2D eigenvalue weighted by atomic mass is 79.9.